The summed E-state index contributed by atoms with van der Waals surface area (Å²) in [5.41, 5.74) is 7.62. The first-order valence-corrected chi connectivity index (χ1v) is 4.55. The van der Waals surface area contributed by atoms with Gasteiger partial charge in [-0.05, 0) is 19.4 Å². The van der Waals surface area contributed by atoms with E-state index >= 15 is 0 Å². The summed E-state index contributed by atoms with van der Waals surface area (Å²) in [6.07, 6.45) is 0. The molecule has 0 fully saturated rings. The van der Waals surface area contributed by atoms with E-state index in [2.05, 4.69) is 25.7 Å². The number of nitrogens with one attached hydrogen (secondary N) is 1. The van der Waals surface area contributed by atoms with E-state index in [1.807, 2.05) is 11.8 Å². The Hall–Kier alpha value is -0.410. The van der Waals surface area contributed by atoms with Gasteiger partial charge in [-0.1, -0.05) is 6.58 Å². The van der Waals surface area contributed by atoms with Crippen molar-refractivity contribution < 1.29 is 0 Å². The van der Waals surface area contributed by atoms with E-state index in [0.29, 0.717) is 11.9 Å². The third-order valence-electron chi connectivity index (χ3n) is 1.65. The highest BCUT2D eigenvalue weighted by Gasteiger charge is 2.18. The Morgan fingerprint density at radius 3 is 2.82 bits per heavy atom. The maximum Gasteiger partial charge on any atom is 0.0738 e. The van der Waals surface area contributed by atoms with Gasteiger partial charge in [0.2, 0.25) is 0 Å². The highest BCUT2D eigenvalue weighted by Crippen LogP contribution is 2.31. The largest absolute Gasteiger partial charge is 0.372 e. The average molecular weight is 170 g/mol. The first-order valence-electron chi connectivity index (χ1n) is 3.67. The predicted molar refractivity (Wildman–Crippen MR) is 51.1 cm³/mol. The van der Waals surface area contributed by atoms with E-state index in [0.717, 1.165) is 11.3 Å². The normalized spacial score (nSPS) is 23.7. The molecule has 11 heavy (non-hydrogen) atoms. The van der Waals surface area contributed by atoms with Crippen LogP contribution >= 0.6 is 11.8 Å². The fourth-order valence-electron chi connectivity index (χ4n) is 1.11. The topological polar surface area (TPSA) is 38.0 Å². The second-order valence-electron chi connectivity index (χ2n) is 2.64. The lowest BCUT2D eigenvalue weighted by molar-refractivity contribution is 0.820. The van der Waals surface area contributed by atoms with Crippen LogP contribution in [-0.2, 0) is 0 Å². The Labute approximate surface area is 71.9 Å². The number of nitrogens with two attached hydrogens (primary N) is 1. The molecule has 1 atom stereocenters. The number of thioether (sulfide) groups is 1. The van der Waals surface area contributed by atoms with Crippen LogP contribution in [0.4, 0.5) is 0 Å². The lowest BCUT2D eigenvalue weighted by Crippen LogP contribution is -2.20. The molecule has 1 aliphatic heterocycles. The van der Waals surface area contributed by atoms with Gasteiger partial charge in [0.1, 0.15) is 0 Å². The van der Waals surface area contributed by atoms with Crippen LogP contribution in [0.2, 0.25) is 0 Å². The molecule has 0 aliphatic carbocycles. The van der Waals surface area contributed by atoms with Gasteiger partial charge in [-0.2, -0.15) is 0 Å². The smallest absolute Gasteiger partial charge is 0.0738 e. The molecule has 0 spiro atoms. The van der Waals surface area contributed by atoms with Crippen molar-refractivity contribution in [3.63, 3.8) is 0 Å². The minimum atomic E-state index is 0.466. The molecule has 1 rings (SSSR count). The quantitative estimate of drug-likeness (QED) is 0.658. The van der Waals surface area contributed by atoms with E-state index in [-0.39, 0.29) is 0 Å². The SMILES string of the molecule is C=C(CN)C1=C(C)SC(C)N1. The first kappa shape index (κ1) is 8.68. The highest BCUT2D eigenvalue weighted by molar-refractivity contribution is 8.03. The van der Waals surface area contributed by atoms with Crippen molar-refractivity contribution in [3.8, 4) is 0 Å². The van der Waals surface area contributed by atoms with Gasteiger partial charge in [0.25, 0.3) is 0 Å². The zero-order chi connectivity index (χ0) is 8.43. The molecule has 0 radical (unpaired) electrons. The lowest BCUT2D eigenvalue weighted by atomic mass is 10.2. The molecule has 1 unspecified atom stereocenters. The maximum absolute atomic E-state index is 5.48. The fraction of sp³-hybridized carbons (Fsp3) is 0.500. The fourth-order valence-corrected chi connectivity index (χ4v) is 2.14. The van der Waals surface area contributed by atoms with E-state index in [9.17, 15) is 0 Å². The van der Waals surface area contributed by atoms with Crippen molar-refractivity contribution in [2.45, 2.75) is 19.2 Å². The molecule has 0 saturated heterocycles. The van der Waals surface area contributed by atoms with E-state index in [1.54, 1.807) is 0 Å². The Balaban J connectivity index is 2.72. The van der Waals surface area contributed by atoms with Gasteiger partial charge in [-0.25, -0.2) is 0 Å². The molecular weight excluding hydrogens is 156 g/mol. The molecule has 0 saturated carbocycles. The third-order valence-corrected chi connectivity index (χ3v) is 2.68. The minimum absolute atomic E-state index is 0.466. The Kier molecular flexibility index (Phi) is 2.62. The van der Waals surface area contributed by atoms with Crippen LogP contribution in [0.5, 0.6) is 0 Å². The van der Waals surface area contributed by atoms with Gasteiger partial charge in [-0.3, -0.25) is 0 Å². The number of rotatable bonds is 2. The van der Waals surface area contributed by atoms with Gasteiger partial charge >= 0.3 is 0 Å². The van der Waals surface area contributed by atoms with Crippen molar-refractivity contribution in [1.82, 2.24) is 5.32 Å². The second kappa shape index (κ2) is 3.32. The summed E-state index contributed by atoms with van der Waals surface area (Å²) < 4.78 is 0. The highest BCUT2D eigenvalue weighted by atomic mass is 32.2. The minimum Gasteiger partial charge on any atom is -0.372 e. The molecule has 1 heterocycles. The molecule has 0 aromatic carbocycles. The van der Waals surface area contributed by atoms with Crippen LogP contribution < -0.4 is 11.1 Å². The third kappa shape index (κ3) is 1.79. The Bertz CT molecular complexity index is 208. The monoisotopic (exact) mass is 170 g/mol. The zero-order valence-electron chi connectivity index (χ0n) is 6.98. The molecular formula is C8H14N2S. The summed E-state index contributed by atoms with van der Waals surface area (Å²) >= 11 is 1.82. The number of hydrogen-bond donors (Lipinski definition) is 2. The van der Waals surface area contributed by atoms with Gasteiger partial charge in [0.05, 0.1) is 5.37 Å². The molecule has 2 nitrogen and oxygen atoms in total. The molecule has 3 heteroatoms. The molecule has 0 aromatic heterocycles. The predicted octanol–water partition coefficient (Wildman–Crippen LogP) is 1.42. The van der Waals surface area contributed by atoms with Gasteiger partial charge in [0, 0.05) is 17.1 Å². The lowest BCUT2D eigenvalue weighted by Gasteiger charge is -2.07. The molecule has 62 valence electrons. The zero-order valence-corrected chi connectivity index (χ0v) is 7.79. The van der Waals surface area contributed by atoms with Crippen LogP contribution in [0.1, 0.15) is 13.8 Å². The average Bonchev–Trinajstić information content (AvgIpc) is 2.28. The summed E-state index contributed by atoms with van der Waals surface area (Å²) in [6.45, 7) is 8.64. The standard InChI is InChI=1S/C8H14N2S/c1-5(4-9)8-6(2)11-7(3)10-8/h7,10H,1,4,9H2,2-3H3. The van der Waals surface area contributed by atoms with Crippen LogP contribution in [0.15, 0.2) is 22.8 Å². The first-order chi connectivity index (χ1) is 5.15. The van der Waals surface area contributed by atoms with E-state index < -0.39 is 0 Å². The van der Waals surface area contributed by atoms with Crippen LogP contribution in [0.25, 0.3) is 0 Å². The molecule has 1 aliphatic rings. The maximum atomic E-state index is 5.48. The molecule has 3 N–H and O–H groups in total. The summed E-state index contributed by atoms with van der Waals surface area (Å²) in [5.74, 6) is 0. The van der Waals surface area contributed by atoms with Crippen molar-refractivity contribution in [1.29, 1.82) is 0 Å². The van der Waals surface area contributed by atoms with Crippen molar-refractivity contribution in [2.24, 2.45) is 5.73 Å². The Morgan fingerprint density at radius 2 is 2.45 bits per heavy atom. The van der Waals surface area contributed by atoms with Crippen molar-refractivity contribution in [3.05, 3.63) is 22.8 Å². The molecule has 0 bridgehead atoms. The summed E-state index contributed by atoms with van der Waals surface area (Å²) in [6, 6.07) is 0. The Morgan fingerprint density at radius 1 is 1.82 bits per heavy atom. The van der Waals surface area contributed by atoms with Crippen LogP contribution in [0.3, 0.4) is 0 Å². The number of allylic oxidation sites excluding steroid dienone is 1. The summed E-state index contributed by atoms with van der Waals surface area (Å²) in [7, 11) is 0. The van der Waals surface area contributed by atoms with E-state index in [1.165, 1.54) is 4.91 Å². The second-order valence-corrected chi connectivity index (χ2v) is 4.20. The number of hydrogen-bond acceptors (Lipinski definition) is 3. The van der Waals surface area contributed by atoms with Gasteiger partial charge in [-0.15, -0.1) is 11.8 Å². The van der Waals surface area contributed by atoms with E-state index in [4.69, 9.17) is 5.73 Å². The van der Waals surface area contributed by atoms with Gasteiger partial charge < -0.3 is 11.1 Å². The molecule has 0 aromatic rings. The molecule has 0 amide bonds. The van der Waals surface area contributed by atoms with Crippen LogP contribution in [0, 0.1) is 0 Å². The van der Waals surface area contributed by atoms with Gasteiger partial charge in [0.15, 0.2) is 0 Å². The van der Waals surface area contributed by atoms with Crippen LogP contribution in [-0.4, -0.2) is 11.9 Å². The summed E-state index contributed by atoms with van der Waals surface area (Å²) in [4.78, 5) is 1.30. The van der Waals surface area contributed by atoms with Crippen molar-refractivity contribution >= 4 is 11.8 Å². The summed E-state index contributed by atoms with van der Waals surface area (Å²) in [5, 5.41) is 3.78. The van der Waals surface area contributed by atoms with Crippen molar-refractivity contribution in [2.75, 3.05) is 6.54 Å².